The number of halogens is 1. The molecular weight excluding hydrogens is 371 g/mol. The van der Waals surface area contributed by atoms with E-state index in [4.69, 9.17) is 4.98 Å². The molecule has 0 aromatic carbocycles. The maximum atomic E-state index is 13.5. The number of likely N-dealkylation sites (tertiary alicyclic amines) is 1. The number of piperidine rings is 1. The summed E-state index contributed by atoms with van der Waals surface area (Å²) >= 11 is 0. The molecular formula is C21H23FN6O. The first-order valence-corrected chi connectivity index (χ1v) is 10.2. The Kier molecular flexibility index (Phi) is 4.61. The van der Waals surface area contributed by atoms with Gasteiger partial charge in [-0.25, -0.2) is 14.4 Å². The fraction of sp³-hybridized carbons (Fsp3) is 0.429. The van der Waals surface area contributed by atoms with Gasteiger partial charge in [0.25, 0.3) is 0 Å². The number of rotatable bonds is 3. The molecule has 0 spiro atoms. The highest BCUT2D eigenvalue weighted by molar-refractivity contribution is 5.80. The number of carbonyl (C=O) groups excluding carboxylic acids is 1. The van der Waals surface area contributed by atoms with E-state index >= 15 is 0 Å². The second-order valence-corrected chi connectivity index (χ2v) is 7.84. The number of nitrogens with zero attached hydrogens (tertiary/aromatic N) is 5. The van der Waals surface area contributed by atoms with Gasteiger partial charge in [0.1, 0.15) is 17.5 Å². The minimum Gasteiger partial charge on any atom is -0.356 e. The van der Waals surface area contributed by atoms with Crippen LogP contribution in [0.15, 0.2) is 30.6 Å². The molecule has 8 heteroatoms. The topological polar surface area (TPSA) is 78.0 Å². The lowest BCUT2D eigenvalue weighted by molar-refractivity contribution is -0.134. The first-order chi connectivity index (χ1) is 14.2. The number of fused-ring (bicyclic) bond motifs is 1. The summed E-state index contributed by atoms with van der Waals surface area (Å²) in [6, 6.07) is 5.29. The van der Waals surface area contributed by atoms with Crippen LogP contribution in [0.2, 0.25) is 0 Å². The normalized spacial score (nSPS) is 19.8. The number of hydrogen-bond donors (Lipinski definition) is 1. The van der Waals surface area contributed by atoms with Crippen LogP contribution in [0.4, 0.5) is 10.2 Å². The van der Waals surface area contributed by atoms with Gasteiger partial charge >= 0.3 is 0 Å². The summed E-state index contributed by atoms with van der Waals surface area (Å²) in [4.78, 5) is 33.3. The Labute approximate surface area is 168 Å². The van der Waals surface area contributed by atoms with E-state index in [1.165, 1.54) is 12.3 Å². The predicted octanol–water partition coefficient (Wildman–Crippen LogP) is 3.00. The maximum Gasteiger partial charge on any atom is 0.227 e. The Hall–Kier alpha value is -3.03. The predicted molar refractivity (Wildman–Crippen MR) is 108 cm³/mol. The minimum absolute atomic E-state index is 0.0347. The van der Waals surface area contributed by atoms with Crippen LogP contribution < -0.4 is 4.90 Å². The van der Waals surface area contributed by atoms with Crippen molar-refractivity contribution < 1.29 is 9.18 Å². The molecule has 3 aromatic rings. The Bertz CT molecular complexity index is 1040. The molecule has 0 saturated carbocycles. The zero-order valence-corrected chi connectivity index (χ0v) is 16.1. The maximum absolute atomic E-state index is 13.5. The van der Waals surface area contributed by atoms with Crippen LogP contribution in [0.5, 0.6) is 0 Å². The second-order valence-electron chi connectivity index (χ2n) is 7.84. The van der Waals surface area contributed by atoms with Gasteiger partial charge < -0.3 is 14.8 Å². The van der Waals surface area contributed by atoms with Crippen LogP contribution in [0.25, 0.3) is 22.6 Å². The SMILES string of the molecule is O=C(C1CCCN(c2ccc3[nH]c(-c4cncc(F)c4)nc3n2)C1)N1CCCC1. The van der Waals surface area contributed by atoms with Crippen molar-refractivity contribution in [3.05, 3.63) is 36.4 Å². The first kappa shape index (κ1) is 18.0. The van der Waals surface area contributed by atoms with Crippen molar-refractivity contribution in [3.63, 3.8) is 0 Å². The summed E-state index contributed by atoms with van der Waals surface area (Å²) in [6.45, 7) is 3.36. The standard InChI is InChI=1S/C21H23FN6O/c22-16-10-15(11-23-12-16)19-24-17-5-6-18(25-20(17)26-19)28-9-3-4-14(13-28)21(29)27-7-1-2-8-27/h5-6,10-12,14H,1-4,7-9,13H2,(H,24,25,26). The number of amides is 1. The summed E-state index contributed by atoms with van der Waals surface area (Å²) < 4.78 is 13.5. The van der Waals surface area contributed by atoms with E-state index in [1.807, 2.05) is 17.0 Å². The van der Waals surface area contributed by atoms with E-state index in [2.05, 4.69) is 19.9 Å². The third-order valence-corrected chi connectivity index (χ3v) is 5.82. The van der Waals surface area contributed by atoms with Gasteiger partial charge in [-0.15, -0.1) is 0 Å². The fourth-order valence-corrected chi connectivity index (χ4v) is 4.32. The number of carbonyl (C=O) groups is 1. The molecule has 1 N–H and O–H groups in total. The average molecular weight is 394 g/mol. The third kappa shape index (κ3) is 3.54. The van der Waals surface area contributed by atoms with Gasteiger partial charge in [0.2, 0.25) is 5.91 Å². The molecule has 7 nitrogen and oxygen atoms in total. The molecule has 150 valence electrons. The summed E-state index contributed by atoms with van der Waals surface area (Å²) in [5.41, 5.74) is 1.95. The first-order valence-electron chi connectivity index (χ1n) is 10.2. The zero-order chi connectivity index (χ0) is 19.8. The Morgan fingerprint density at radius 2 is 1.97 bits per heavy atom. The van der Waals surface area contributed by atoms with Crippen LogP contribution in [-0.2, 0) is 4.79 Å². The Morgan fingerprint density at radius 1 is 1.10 bits per heavy atom. The fourth-order valence-electron chi connectivity index (χ4n) is 4.32. The number of aromatic amines is 1. The smallest absolute Gasteiger partial charge is 0.227 e. The number of hydrogen-bond acceptors (Lipinski definition) is 5. The van der Waals surface area contributed by atoms with E-state index in [9.17, 15) is 9.18 Å². The number of aromatic nitrogens is 4. The summed E-state index contributed by atoms with van der Waals surface area (Å²) in [5.74, 6) is 1.28. The van der Waals surface area contributed by atoms with Crippen molar-refractivity contribution in [2.45, 2.75) is 25.7 Å². The van der Waals surface area contributed by atoms with Crippen molar-refractivity contribution >= 4 is 22.9 Å². The van der Waals surface area contributed by atoms with Crippen molar-refractivity contribution in [1.82, 2.24) is 24.8 Å². The highest BCUT2D eigenvalue weighted by Gasteiger charge is 2.31. The molecule has 5 heterocycles. The van der Waals surface area contributed by atoms with Gasteiger partial charge in [-0.3, -0.25) is 9.78 Å². The van der Waals surface area contributed by atoms with Crippen molar-refractivity contribution in [2.75, 3.05) is 31.1 Å². The molecule has 5 rings (SSSR count). The third-order valence-electron chi connectivity index (χ3n) is 5.82. The largest absolute Gasteiger partial charge is 0.356 e. The quantitative estimate of drug-likeness (QED) is 0.739. The van der Waals surface area contributed by atoms with Crippen LogP contribution in [0, 0.1) is 11.7 Å². The van der Waals surface area contributed by atoms with E-state index in [1.54, 1.807) is 6.20 Å². The zero-order valence-electron chi connectivity index (χ0n) is 16.1. The van der Waals surface area contributed by atoms with Gasteiger partial charge in [0.15, 0.2) is 5.65 Å². The second kappa shape index (κ2) is 7.42. The number of nitrogens with one attached hydrogen (secondary N) is 1. The van der Waals surface area contributed by atoms with Crippen molar-refractivity contribution in [2.24, 2.45) is 5.92 Å². The molecule has 2 saturated heterocycles. The van der Waals surface area contributed by atoms with Gasteiger partial charge in [0, 0.05) is 37.9 Å². The van der Waals surface area contributed by atoms with Gasteiger partial charge in [-0.05, 0) is 43.9 Å². The van der Waals surface area contributed by atoms with Gasteiger partial charge in [-0.1, -0.05) is 0 Å². The van der Waals surface area contributed by atoms with Crippen LogP contribution in [0.3, 0.4) is 0 Å². The molecule has 0 aliphatic carbocycles. The summed E-state index contributed by atoms with van der Waals surface area (Å²) in [7, 11) is 0. The Balaban J connectivity index is 1.37. The van der Waals surface area contributed by atoms with E-state index in [0.29, 0.717) is 23.6 Å². The lowest BCUT2D eigenvalue weighted by Crippen LogP contribution is -2.44. The molecule has 0 radical (unpaired) electrons. The van der Waals surface area contributed by atoms with E-state index < -0.39 is 5.82 Å². The molecule has 2 aliphatic heterocycles. The molecule has 2 aliphatic rings. The highest BCUT2D eigenvalue weighted by atomic mass is 19.1. The van der Waals surface area contributed by atoms with E-state index in [-0.39, 0.29) is 11.8 Å². The van der Waals surface area contributed by atoms with Crippen molar-refractivity contribution in [3.8, 4) is 11.4 Å². The molecule has 1 unspecified atom stereocenters. The molecule has 3 aromatic heterocycles. The van der Waals surface area contributed by atoms with E-state index in [0.717, 1.165) is 56.7 Å². The molecule has 2 fully saturated rings. The number of pyridine rings is 2. The van der Waals surface area contributed by atoms with Gasteiger partial charge in [0.05, 0.1) is 17.6 Å². The molecule has 1 amide bonds. The number of imidazole rings is 1. The van der Waals surface area contributed by atoms with Crippen molar-refractivity contribution in [1.29, 1.82) is 0 Å². The lowest BCUT2D eigenvalue weighted by atomic mass is 9.96. The summed E-state index contributed by atoms with van der Waals surface area (Å²) in [5, 5.41) is 0. The number of H-pyrrole nitrogens is 1. The van der Waals surface area contributed by atoms with Crippen LogP contribution in [-0.4, -0.2) is 56.9 Å². The van der Waals surface area contributed by atoms with Crippen LogP contribution >= 0.6 is 0 Å². The monoisotopic (exact) mass is 394 g/mol. The lowest BCUT2D eigenvalue weighted by Gasteiger charge is -2.34. The average Bonchev–Trinajstić information content (AvgIpc) is 3.43. The van der Waals surface area contributed by atoms with Crippen LogP contribution in [0.1, 0.15) is 25.7 Å². The summed E-state index contributed by atoms with van der Waals surface area (Å²) in [6.07, 6.45) is 6.88. The minimum atomic E-state index is -0.404. The Morgan fingerprint density at radius 3 is 2.79 bits per heavy atom. The molecule has 29 heavy (non-hydrogen) atoms. The van der Waals surface area contributed by atoms with Gasteiger partial charge in [-0.2, -0.15) is 0 Å². The molecule has 1 atom stereocenters. The highest BCUT2D eigenvalue weighted by Crippen LogP contribution is 2.27. The number of anilines is 1. The molecule has 0 bridgehead atoms.